The lowest BCUT2D eigenvalue weighted by molar-refractivity contribution is -0.122. The lowest BCUT2D eigenvalue weighted by atomic mass is 10.1. The van der Waals surface area contributed by atoms with Gasteiger partial charge < -0.3 is 4.74 Å². The Labute approximate surface area is 226 Å². The van der Waals surface area contributed by atoms with Crippen molar-refractivity contribution in [2.75, 3.05) is 4.90 Å². The van der Waals surface area contributed by atoms with E-state index in [4.69, 9.17) is 16.3 Å². The highest BCUT2D eigenvalue weighted by atomic mass is 127. The van der Waals surface area contributed by atoms with E-state index in [1.54, 1.807) is 24.3 Å². The van der Waals surface area contributed by atoms with Crippen LogP contribution in [0.3, 0.4) is 0 Å². The molecule has 1 N–H and O–H groups in total. The van der Waals surface area contributed by atoms with Gasteiger partial charge in [-0.3, -0.25) is 14.9 Å². The molecule has 1 aliphatic heterocycles. The van der Waals surface area contributed by atoms with Crippen LogP contribution in [-0.4, -0.2) is 17.8 Å². The van der Waals surface area contributed by atoms with Crippen molar-refractivity contribution in [3.63, 3.8) is 0 Å². The van der Waals surface area contributed by atoms with Crippen LogP contribution < -0.4 is 15.0 Å². The van der Waals surface area contributed by atoms with Gasteiger partial charge in [0.25, 0.3) is 11.8 Å². The van der Waals surface area contributed by atoms with Crippen LogP contribution >= 0.6 is 56.8 Å². The summed E-state index contributed by atoms with van der Waals surface area (Å²) >= 11 is 10.2. The maximum atomic E-state index is 13.3. The minimum Gasteiger partial charge on any atom is -0.487 e. The summed E-state index contributed by atoms with van der Waals surface area (Å²) in [7, 11) is 0. The zero-order valence-electron chi connectivity index (χ0n) is 17.2. The first-order valence-electron chi connectivity index (χ1n) is 9.76. The van der Waals surface area contributed by atoms with Crippen LogP contribution in [0.2, 0.25) is 5.02 Å². The first-order chi connectivity index (χ1) is 16.2. The highest BCUT2D eigenvalue weighted by Crippen LogP contribution is 2.31. The Balaban J connectivity index is 1.60. The number of nitrogens with one attached hydrogen (secondary N) is 1. The molecular weight excluding hydrogens is 689 g/mol. The van der Waals surface area contributed by atoms with Gasteiger partial charge in [0.05, 0.1) is 12.8 Å². The van der Waals surface area contributed by atoms with Crippen molar-refractivity contribution in [1.29, 1.82) is 0 Å². The number of amides is 4. The molecular formula is C24H14ClFI2N2O4. The first kappa shape index (κ1) is 24.6. The second-order valence-electron chi connectivity index (χ2n) is 7.16. The van der Waals surface area contributed by atoms with E-state index >= 15 is 0 Å². The van der Waals surface area contributed by atoms with Gasteiger partial charge in [-0.1, -0.05) is 23.7 Å². The number of carbonyl (C=O) groups is 3. The van der Waals surface area contributed by atoms with Gasteiger partial charge in [-0.15, -0.1) is 0 Å². The van der Waals surface area contributed by atoms with Gasteiger partial charge in [0.1, 0.15) is 23.7 Å². The third-order valence-corrected chi connectivity index (χ3v) is 6.67. The Morgan fingerprint density at radius 2 is 1.59 bits per heavy atom. The van der Waals surface area contributed by atoms with E-state index in [-0.39, 0.29) is 11.3 Å². The van der Waals surface area contributed by atoms with Crippen LogP contribution in [0.1, 0.15) is 11.1 Å². The second kappa shape index (κ2) is 10.4. The van der Waals surface area contributed by atoms with E-state index in [2.05, 4.69) is 50.5 Å². The van der Waals surface area contributed by atoms with Gasteiger partial charge in [0, 0.05) is 5.02 Å². The number of anilines is 1. The molecule has 0 saturated carbocycles. The summed E-state index contributed by atoms with van der Waals surface area (Å²) in [6.45, 7) is 0.346. The molecule has 0 aliphatic carbocycles. The Kier molecular flexibility index (Phi) is 7.53. The van der Waals surface area contributed by atoms with E-state index in [1.807, 2.05) is 12.1 Å². The Hall–Kier alpha value is -2.51. The quantitative estimate of drug-likeness (QED) is 0.203. The van der Waals surface area contributed by atoms with E-state index < -0.39 is 23.7 Å². The zero-order valence-corrected chi connectivity index (χ0v) is 22.2. The Bertz CT molecular complexity index is 1300. The molecule has 172 valence electrons. The molecule has 1 heterocycles. The van der Waals surface area contributed by atoms with Crippen LogP contribution in [0.4, 0.5) is 14.9 Å². The SMILES string of the molecule is O=C1NC(=O)N(c2ccc(F)cc2)C(=O)/C1=C/c1cc(I)c(OCc2ccc(Cl)cc2)c(I)c1. The van der Waals surface area contributed by atoms with E-state index in [9.17, 15) is 18.8 Å². The molecule has 0 bridgehead atoms. The summed E-state index contributed by atoms with van der Waals surface area (Å²) in [6, 6.07) is 14.8. The van der Waals surface area contributed by atoms with Gasteiger partial charge in [-0.2, -0.15) is 0 Å². The van der Waals surface area contributed by atoms with Crippen molar-refractivity contribution in [3.05, 3.63) is 95.3 Å². The number of hydrogen-bond donors (Lipinski definition) is 1. The van der Waals surface area contributed by atoms with Crippen LogP contribution in [0.5, 0.6) is 5.75 Å². The molecule has 1 fully saturated rings. The monoisotopic (exact) mass is 702 g/mol. The Morgan fingerprint density at radius 1 is 0.971 bits per heavy atom. The fourth-order valence-electron chi connectivity index (χ4n) is 3.19. The summed E-state index contributed by atoms with van der Waals surface area (Å²) in [4.78, 5) is 38.5. The van der Waals surface area contributed by atoms with Crippen LogP contribution in [0.25, 0.3) is 6.08 Å². The molecule has 3 aromatic rings. The molecule has 34 heavy (non-hydrogen) atoms. The number of ether oxygens (including phenoxy) is 1. The number of nitrogens with zero attached hydrogens (tertiary/aromatic N) is 1. The molecule has 1 saturated heterocycles. The molecule has 3 aromatic carbocycles. The number of rotatable bonds is 5. The summed E-state index contributed by atoms with van der Waals surface area (Å²) in [5, 5.41) is 2.80. The van der Waals surface area contributed by atoms with Crippen molar-refractivity contribution < 1.29 is 23.5 Å². The molecule has 0 aromatic heterocycles. The Morgan fingerprint density at radius 3 is 2.21 bits per heavy atom. The third kappa shape index (κ3) is 5.41. The molecule has 10 heteroatoms. The number of halogens is 4. The molecule has 0 atom stereocenters. The summed E-state index contributed by atoms with van der Waals surface area (Å²) < 4.78 is 20.8. The predicted molar refractivity (Wildman–Crippen MR) is 143 cm³/mol. The summed E-state index contributed by atoms with van der Waals surface area (Å²) in [5.41, 5.74) is 1.47. The summed E-state index contributed by atoms with van der Waals surface area (Å²) in [5.74, 6) is -1.45. The predicted octanol–water partition coefficient (Wildman–Crippen LogP) is 5.93. The van der Waals surface area contributed by atoms with Crippen molar-refractivity contribution >= 4 is 86.4 Å². The number of carbonyl (C=O) groups excluding carboxylic acids is 3. The molecule has 4 rings (SSSR count). The summed E-state index contributed by atoms with van der Waals surface area (Å²) in [6.07, 6.45) is 1.41. The maximum Gasteiger partial charge on any atom is 0.335 e. The van der Waals surface area contributed by atoms with Crippen LogP contribution in [0.15, 0.2) is 66.2 Å². The highest BCUT2D eigenvalue weighted by molar-refractivity contribution is 14.1. The fraction of sp³-hybridized carbons (Fsp3) is 0.0417. The normalized spacial score (nSPS) is 15.0. The lowest BCUT2D eigenvalue weighted by Crippen LogP contribution is -2.54. The molecule has 1 aliphatic rings. The number of barbiturate groups is 1. The number of benzene rings is 3. The van der Waals surface area contributed by atoms with Crippen molar-refractivity contribution in [3.8, 4) is 5.75 Å². The minimum absolute atomic E-state index is 0.150. The smallest absolute Gasteiger partial charge is 0.335 e. The molecule has 0 unspecified atom stereocenters. The zero-order chi connectivity index (χ0) is 24.4. The van der Waals surface area contributed by atoms with E-state index in [1.165, 1.54) is 18.2 Å². The standard InChI is InChI=1S/C24H14ClFI2N2O4/c25-15-3-1-13(2-4-15)12-34-21-19(27)10-14(11-20(21)28)9-18-22(31)29-24(33)30(23(18)32)17-7-5-16(26)6-8-17/h1-11H,12H2,(H,29,31,33)/b18-9+. The maximum absolute atomic E-state index is 13.3. The van der Waals surface area contributed by atoms with Crippen molar-refractivity contribution in [2.24, 2.45) is 0 Å². The minimum atomic E-state index is -0.895. The van der Waals surface area contributed by atoms with Gasteiger partial charge >= 0.3 is 6.03 Å². The first-order valence-corrected chi connectivity index (χ1v) is 12.3. The van der Waals surface area contributed by atoms with Gasteiger partial charge in [0.2, 0.25) is 0 Å². The van der Waals surface area contributed by atoms with Crippen molar-refractivity contribution in [2.45, 2.75) is 6.61 Å². The van der Waals surface area contributed by atoms with Gasteiger partial charge in [-0.05, 0) is 111 Å². The van der Waals surface area contributed by atoms with E-state index in [0.29, 0.717) is 22.9 Å². The largest absolute Gasteiger partial charge is 0.487 e. The second-order valence-corrected chi connectivity index (χ2v) is 9.92. The topological polar surface area (TPSA) is 75.7 Å². The lowest BCUT2D eigenvalue weighted by Gasteiger charge is -2.26. The molecule has 0 radical (unpaired) electrons. The van der Waals surface area contributed by atoms with E-state index in [0.717, 1.165) is 29.7 Å². The average Bonchev–Trinajstić information content (AvgIpc) is 2.78. The van der Waals surface area contributed by atoms with Gasteiger partial charge in [0.15, 0.2) is 0 Å². The third-order valence-electron chi connectivity index (χ3n) is 4.81. The molecule has 0 spiro atoms. The highest BCUT2D eigenvalue weighted by Gasteiger charge is 2.36. The number of imide groups is 2. The number of hydrogen-bond acceptors (Lipinski definition) is 4. The van der Waals surface area contributed by atoms with Gasteiger partial charge in [-0.25, -0.2) is 14.1 Å². The molecule has 6 nitrogen and oxygen atoms in total. The average molecular weight is 703 g/mol. The van der Waals surface area contributed by atoms with Crippen LogP contribution in [0, 0.1) is 13.0 Å². The number of urea groups is 1. The van der Waals surface area contributed by atoms with Crippen LogP contribution in [-0.2, 0) is 16.2 Å². The fourth-order valence-corrected chi connectivity index (χ4v) is 5.44. The molecule has 4 amide bonds. The van der Waals surface area contributed by atoms with Crippen molar-refractivity contribution in [1.82, 2.24) is 5.32 Å².